The van der Waals surface area contributed by atoms with Gasteiger partial charge in [0, 0.05) is 36.9 Å². The van der Waals surface area contributed by atoms with Crippen molar-refractivity contribution < 1.29 is 13.2 Å². The molecule has 8 heteroatoms. The maximum absolute atomic E-state index is 14.0. The second-order valence-electron chi connectivity index (χ2n) is 7.38. The van der Waals surface area contributed by atoms with E-state index >= 15 is 0 Å². The first kappa shape index (κ1) is 22.0. The molecular formula is C22H22ClF3N4. The van der Waals surface area contributed by atoms with E-state index in [1.54, 1.807) is 31.3 Å². The first-order valence-corrected chi connectivity index (χ1v) is 9.80. The number of nitrogens with zero attached hydrogens (tertiary/aromatic N) is 4. The third-order valence-electron chi connectivity index (χ3n) is 4.93. The van der Waals surface area contributed by atoms with Gasteiger partial charge in [0.15, 0.2) is 6.04 Å². The SMILES string of the molecule is Cc1cncc(C(N(C)c2cccc([C@H](C)Cc3cncc(Cl)n3)c2)C(F)(F)F)c1. The van der Waals surface area contributed by atoms with Gasteiger partial charge in [-0.15, -0.1) is 0 Å². The molecule has 0 spiro atoms. The summed E-state index contributed by atoms with van der Waals surface area (Å²) in [5.74, 6) is 0.0242. The minimum Gasteiger partial charge on any atom is -0.359 e. The second kappa shape index (κ2) is 9.00. The number of rotatable bonds is 6. The molecule has 0 saturated carbocycles. The average Bonchev–Trinajstić information content (AvgIpc) is 2.67. The Morgan fingerprint density at radius 3 is 2.43 bits per heavy atom. The highest BCUT2D eigenvalue weighted by Gasteiger charge is 2.44. The van der Waals surface area contributed by atoms with Crippen LogP contribution in [0.2, 0.25) is 5.15 Å². The highest BCUT2D eigenvalue weighted by Crippen LogP contribution is 2.39. The summed E-state index contributed by atoms with van der Waals surface area (Å²) in [4.78, 5) is 13.5. The van der Waals surface area contributed by atoms with Gasteiger partial charge >= 0.3 is 6.18 Å². The summed E-state index contributed by atoms with van der Waals surface area (Å²) in [5.41, 5.74) is 2.90. The van der Waals surface area contributed by atoms with Crippen LogP contribution in [0.5, 0.6) is 0 Å². The van der Waals surface area contributed by atoms with Gasteiger partial charge in [0.1, 0.15) is 5.15 Å². The molecule has 158 valence electrons. The molecule has 2 atom stereocenters. The Labute approximate surface area is 178 Å². The van der Waals surface area contributed by atoms with Crippen molar-refractivity contribution in [1.82, 2.24) is 15.0 Å². The van der Waals surface area contributed by atoms with Crippen LogP contribution in [0.1, 0.15) is 41.3 Å². The Morgan fingerprint density at radius 2 is 1.77 bits per heavy atom. The number of aromatic nitrogens is 3. The summed E-state index contributed by atoms with van der Waals surface area (Å²) in [5, 5.41) is 0.313. The largest absolute Gasteiger partial charge is 0.413 e. The van der Waals surface area contributed by atoms with Crippen LogP contribution in [-0.4, -0.2) is 28.2 Å². The Bertz CT molecular complexity index is 1010. The van der Waals surface area contributed by atoms with E-state index in [4.69, 9.17) is 11.6 Å². The second-order valence-corrected chi connectivity index (χ2v) is 7.77. The maximum atomic E-state index is 14.0. The monoisotopic (exact) mass is 434 g/mol. The van der Waals surface area contributed by atoms with Crippen molar-refractivity contribution in [2.75, 3.05) is 11.9 Å². The maximum Gasteiger partial charge on any atom is 0.413 e. The zero-order valence-corrected chi connectivity index (χ0v) is 17.6. The molecule has 0 amide bonds. The topological polar surface area (TPSA) is 41.9 Å². The highest BCUT2D eigenvalue weighted by atomic mass is 35.5. The van der Waals surface area contributed by atoms with Crippen molar-refractivity contribution in [1.29, 1.82) is 0 Å². The fraction of sp³-hybridized carbons (Fsp3) is 0.318. The summed E-state index contributed by atoms with van der Waals surface area (Å²) >= 11 is 5.90. The molecule has 2 heterocycles. The minimum atomic E-state index is -4.46. The van der Waals surface area contributed by atoms with Gasteiger partial charge in [0.2, 0.25) is 0 Å². The van der Waals surface area contributed by atoms with Gasteiger partial charge < -0.3 is 4.90 Å². The molecule has 2 aromatic heterocycles. The van der Waals surface area contributed by atoms with Crippen LogP contribution in [0.3, 0.4) is 0 Å². The molecule has 30 heavy (non-hydrogen) atoms. The first-order valence-electron chi connectivity index (χ1n) is 9.42. The molecular weight excluding hydrogens is 413 g/mol. The quantitative estimate of drug-likeness (QED) is 0.483. The van der Waals surface area contributed by atoms with Crippen LogP contribution in [0.4, 0.5) is 18.9 Å². The fourth-order valence-corrected chi connectivity index (χ4v) is 3.63. The van der Waals surface area contributed by atoms with Crippen molar-refractivity contribution in [3.8, 4) is 0 Å². The van der Waals surface area contributed by atoms with E-state index in [1.807, 2.05) is 13.0 Å². The van der Waals surface area contributed by atoms with Gasteiger partial charge in [-0.1, -0.05) is 36.7 Å². The standard InChI is InChI=1S/C22H22ClF3N4/c1-14-7-17(11-27-10-14)21(22(24,25)26)30(3)19-6-4-5-16(9-19)15(2)8-18-12-28-13-20(23)29-18/h4-7,9-13,15,21H,8H2,1-3H3/t15-,21?/m1/s1. The zero-order chi connectivity index (χ0) is 21.9. The summed E-state index contributed by atoms with van der Waals surface area (Å²) in [6, 6.07) is 6.85. The van der Waals surface area contributed by atoms with Crippen LogP contribution in [0, 0.1) is 6.92 Å². The van der Waals surface area contributed by atoms with E-state index in [0.717, 1.165) is 11.3 Å². The van der Waals surface area contributed by atoms with Gasteiger partial charge in [0.25, 0.3) is 0 Å². The van der Waals surface area contributed by atoms with E-state index in [0.29, 0.717) is 22.8 Å². The van der Waals surface area contributed by atoms with E-state index in [1.165, 1.54) is 36.6 Å². The molecule has 0 aliphatic heterocycles. The highest BCUT2D eigenvalue weighted by molar-refractivity contribution is 6.29. The lowest BCUT2D eigenvalue weighted by atomic mass is 9.95. The van der Waals surface area contributed by atoms with Crippen LogP contribution in [0.25, 0.3) is 0 Å². The lowest BCUT2D eigenvalue weighted by Crippen LogP contribution is -2.36. The van der Waals surface area contributed by atoms with E-state index in [9.17, 15) is 13.2 Å². The Morgan fingerprint density at radius 1 is 1.03 bits per heavy atom. The number of anilines is 1. The number of aryl methyl sites for hydroxylation is 1. The third kappa shape index (κ3) is 5.27. The molecule has 0 aliphatic rings. The Hall–Kier alpha value is -2.67. The van der Waals surface area contributed by atoms with E-state index in [2.05, 4.69) is 15.0 Å². The van der Waals surface area contributed by atoms with E-state index < -0.39 is 12.2 Å². The van der Waals surface area contributed by atoms with Crippen molar-refractivity contribution >= 4 is 17.3 Å². The van der Waals surface area contributed by atoms with Gasteiger partial charge in [-0.2, -0.15) is 13.2 Å². The number of hydrogen-bond donors (Lipinski definition) is 0. The van der Waals surface area contributed by atoms with Crippen molar-refractivity contribution in [2.24, 2.45) is 0 Å². The van der Waals surface area contributed by atoms with Crippen LogP contribution >= 0.6 is 11.6 Å². The number of halogens is 4. The molecule has 1 unspecified atom stereocenters. The molecule has 3 rings (SSSR count). The predicted octanol–water partition coefficient (Wildman–Crippen LogP) is 5.92. The van der Waals surface area contributed by atoms with Gasteiger partial charge in [0.05, 0.1) is 11.9 Å². The van der Waals surface area contributed by atoms with Crippen LogP contribution in [-0.2, 0) is 6.42 Å². The molecule has 1 aromatic carbocycles. The van der Waals surface area contributed by atoms with Crippen LogP contribution < -0.4 is 4.90 Å². The number of pyridine rings is 1. The molecule has 0 N–H and O–H groups in total. The zero-order valence-electron chi connectivity index (χ0n) is 16.9. The predicted molar refractivity (Wildman–Crippen MR) is 112 cm³/mol. The van der Waals surface area contributed by atoms with Crippen LogP contribution in [0.15, 0.2) is 55.1 Å². The molecule has 4 nitrogen and oxygen atoms in total. The Kier molecular flexibility index (Phi) is 6.61. The van der Waals surface area contributed by atoms with Crippen molar-refractivity contribution in [3.05, 3.63) is 82.7 Å². The fourth-order valence-electron chi connectivity index (χ4n) is 3.47. The molecule has 0 fully saturated rings. The lowest BCUT2D eigenvalue weighted by molar-refractivity contribution is -0.149. The number of hydrogen-bond acceptors (Lipinski definition) is 4. The lowest BCUT2D eigenvalue weighted by Gasteiger charge is -2.32. The molecule has 0 aliphatic carbocycles. The normalized spacial score (nSPS) is 13.7. The summed E-state index contributed by atoms with van der Waals surface area (Å²) in [6.45, 7) is 3.72. The smallest absolute Gasteiger partial charge is 0.359 e. The van der Waals surface area contributed by atoms with Crippen molar-refractivity contribution in [2.45, 2.75) is 38.4 Å². The first-order chi connectivity index (χ1) is 14.1. The number of benzene rings is 1. The molecule has 0 radical (unpaired) electrons. The summed E-state index contributed by atoms with van der Waals surface area (Å²) in [7, 11) is 1.45. The molecule has 3 aromatic rings. The van der Waals surface area contributed by atoms with Gasteiger partial charge in [-0.25, -0.2) is 4.98 Å². The average molecular weight is 435 g/mol. The van der Waals surface area contributed by atoms with Gasteiger partial charge in [-0.3, -0.25) is 9.97 Å². The van der Waals surface area contributed by atoms with Crippen molar-refractivity contribution in [3.63, 3.8) is 0 Å². The Balaban J connectivity index is 1.89. The summed E-state index contributed by atoms with van der Waals surface area (Å²) in [6.07, 6.45) is 2.03. The number of alkyl halides is 3. The minimum absolute atomic E-state index is 0.0242. The van der Waals surface area contributed by atoms with E-state index in [-0.39, 0.29) is 11.5 Å². The van der Waals surface area contributed by atoms with Gasteiger partial charge in [-0.05, 0) is 42.5 Å². The molecule has 0 saturated heterocycles. The summed E-state index contributed by atoms with van der Waals surface area (Å²) < 4.78 is 41.9. The molecule has 0 bridgehead atoms. The third-order valence-corrected chi connectivity index (χ3v) is 5.11.